The van der Waals surface area contributed by atoms with Gasteiger partial charge in [-0.15, -0.1) is 0 Å². The van der Waals surface area contributed by atoms with E-state index >= 15 is 0 Å². The zero-order valence-corrected chi connectivity index (χ0v) is 11.3. The number of rotatable bonds is 2. The van der Waals surface area contributed by atoms with Crippen LogP contribution in [-0.4, -0.2) is 47.5 Å². The van der Waals surface area contributed by atoms with Gasteiger partial charge >= 0.3 is 0 Å². The predicted octanol–water partition coefficient (Wildman–Crippen LogP) is 0.715. The van der Waals surface area contributed by atoms with Crippen molar-refractivity contribution in [3.63, 3.8) is 0 Å². The van der Waals surface area contributed by atoms with Crippen LogP contribution in [0.2, 0.25) is 10.2 Å². The first-order chi connectivity index (χ1) is 9.00. The fourth-order valence-corrected chi connectivity index (χ4v) is 2.16. The summed E-state index contributed by atoms with van der Waals surface area (Å²) < 4.78 is 5.15. The van der Waals surface area contributed by atoms with Gasteiger partial charge in [0.05, 0.1) is 23.8 Å². The topological polar surface area (TPSA) is 85.5 Å². The largest absolute Gasteiger partial charge is 0.377 e. The molecule has 0 bridgehead atoms. The third-order valence-corrected chi connectivity index (χ3v) is 3.28. The van der Waals surface area contributed by atoms with Gasteiger partial charge < -0.3 is 15.4 Å². The van der Waals surface area contributed by atoms with Crippen LogP contribution in [0.5, 0.6) is 0 Å². The Morgan fingerprint density at radius 2 is 2.21 bits per heavy atom. The van der Waals surface area contributed by atoms with Crippen LogP contribution in [0.1, 0.15) is 10.4 Å². The number of carbonyl (C=O) groups excluding carboxylic acids is 2. The SMILES string of the molecule is NC(=O)C1COCCN1C(=O)c1cc(Cl)ncc1Cl. The Kier molecular flexibility index (Phi) is 4.24. The second-order valence-electron chi connectivity index (χ2n) is 3.98. The second kappa shape index (κ2) is 5.73. The van der Waals surface area contributed by atoms with Gasteiger partial charge in [0.2, 0.25) is 5.91 Å². The van der Waals surface area contributed by atoms with Gasteiger partial charge in [-0.1, -0.05) is 23.2 Å². The minimum atomic E-state index is -0.802. The summed E-state index contributed by atoms with van der Waals surface area (Å²) in [6, 6.07) is 0.559. The predicted molar refractivity (Wildman–Crippen MR) is 69.1 cm³/mol. The van der Waals surface area contributed by atoms with Crippen LogP contribution in [0.15, 0.2) is 12.3 Å². The molecule has 1 atom stereocenters. The number of amides is 2. The molecule has 1 aromatic rings. The molecule has 0 saturated carbocycles. The van der Waals surface area contributed by atoms with Crippen molar-refractivity contribution in [1.29, 1.82) is 0 Å². The van der Waals surface area contributed by atoms with Crippen molar-refractivity contribution in [3.05, 3.63) is 28.0 Å². The van der Waals surface area contributed by atoms with Crippen molar-refractivity contribution >= 4 is 35.0 Å². The lowest BCUT2D eigenvalue weighted by molar-refractivity contribution is -0.127. The highest BCUT2D eigenvalue weighted by Gasteiger charge is 2.32. The summed E-state index contributed by atoms with van der Waals surface area (Å²) in [5, 5.41) is 0.320. The first-order valence-electron chi connectivity index (χ1n) is 5.50. The monoisotopic (exact) mass is 303 g/mol. The van der Waals surface area contributed by atoms with Crippen molar-refractivity contribution in [3.8, 4) is 0 Å². The van der Waals surface area contributed by atoms with E-state index in [1.165, 1.54) is 17.2 Å². The lowest BCUT2D eigenvalue weighted by Gasteiger charge is -2.33. The Morgan fingerprint density at radius 3 is 2.89 bits per heavy atom. The van der Waals surface area contributed by atoms with Crippen LogP contribution in [0, 0.1) is 0 Å². The van der Waals surface area contributed by atoms with Crippen LogP contribution in [0.25, 0.3) is 0 Å². The number of nitrogens with zero attached hydrogens (tertiary/aromatic N) is 2. The summed E-state index contributed by atoms with van der Waals surface area (Å²) in [5.74, 6) is -1.04. The van der Waals surface area contributed by atoms with Gasteiger partial charge in [-0.05, 0) is 6.07 Å². The van der Waals surface area contributed by atoms with E-state index in [-0.39, 0.29) is 28.9 Å². The maximum absolute atomic E-state index is 12.4. The number of primary amides is 1. The first kappa shape index (κ1) is 14.0. The molecule has 2 heterocycles. The lowest BCUT2D eigenvalue weighted by atomic mass is 10.1. The number of carbonyl (C=O) groups is 2. The maximum Gasteiger partial charge on any atom is 0.256 e. The van der Waals surface area contributed by atoms with Crippen LogP contribution < -0.4 is 5.73 Å². The minimum absolute atomic E-state index is 0.0809. The summed E-state index contributed by atoms with van der Waals surface area (Å²) in [6.07, 6.45) is 1.29. The summed E-state index contributed by atoms with van der Waals surface area (Å²) >= 11 is 11.7. The Hall–Kier alpha value is -1.37. The third-order valence-electron chi connectivity index (χ3n) is 2.77. The number of aromatic nitrogens is 1. The van der Waals surface area contributed by atoms with Gasteiger partial charge in [0.15, 0.2) is 0 Å². The van der Waals surface area contributed by atoms with E-state index in [0.717, 1.165) is 0 Å². The third kappa shape index (κ3) is 2.97. The van der Waals surface area contributed by atoms with Crippen LogP contribution >= 0.6 is 23.2 Å². The molecule has 0 aromatic carbocycles. The fraction of sp³-hybridized carbons (Fsp3) is 0.364. The van der Waals surface area contributed by atoms with E-state index in [9.17, 15) is 9.59 Å². The zero-order valence-electron chi connectivity index (χ0n) is 9.81. The van der Waals surface area contributed by atoms with E-state index in [1.54, 1.807) is 0 Å². The Labute approximate surface area is 119 Å². The zero-order chi connectivity index (χ0) is 14.0. The van der Waals surface area contributed by atoms with Gasteiger partial charge in [-0.25, -0.2) is 4.98 Å². The number of nitrogens with two attached hydrogens (primary N) is 1. The number of halogens is 2. The van der Waals surface area contributed by atoms with Gasteiger partial charge in [-0.2, -0.15) is 0 Å². The van der Waals surface area contributed by atoms with Gasteiger partial charge in [0, 0.05) is 12.7 Å². The van der Waals surface area contributed by atoms with Gasteiger partial charge in [-0.3, -0.25) is 9.59 Å². The Balaban J connectivity index is 2.31. The number of hydrogen-bond donors (Lipinski definition) is 1. The first-order valence-corrected chi connectivity index (χ1v) is 6.25. The van der Waals surface area contributed by atoms with Crippen LogP contribution in [0.3, 0.4) is 0 Å². The van der Waals surface area contributed by atoms with Crippen molar-refractivity contribution in [2.45, 2.75) is 6.04 Å². The molecule has 1 unspecified atom stereocenters. The lowest BCUT2D eigenvalue weighted by Crippen LogP contribution is -2.54. The average molecular weight is 304 g/mol. The molecule has 19 heavy (non-hydrogen) atoms. The standard InChI is InChI=1S/C11H11Cl2N3O3/c12-7-4-15-9(13)3-6(7)11(18)16-1-2-19-5-8(16)10(14)17/h3-4,8H,1-2,5H2,(H2,14,17). The molecule has 6 nitrogen and oxygen atoms in total. The van der Waals surface area contributed by atoms with E-state index in [4.69, 9.17) is 33.7 Å². The molecule has 1 fully saturated rings. The number of ether oxygens (including phenoxy) is 1. The normalized spacial score (nSPS) is 19.3. The average Bonchev–Trinajstić information content (AvgIpc) is 2.40. The molecule has 1 aromatic heterocycles. The molecule has 0 spiro atoms. The molecule has 2 N–H and O–H groups in total. The van der Waals surface area contributed by atoms with Crippen molar-refractivity contribution in [2.24, 2.45) is 5.73 Å². The molecule has 1 saturated heterocycles. The fourth-order valence-electron chi connectivity index (χ4n) is 1.81. The molecule has 1 aliphatic heterocycles. The Morgan fingerprint density at radius 1 is 1.47 bits per heavy atom. The number of morpholine rings is 1. The Bertz CT molecular complexity index is 524. The minimum Gasteiger partial charge on any atom is -0.377 e. The summed E-state index contributed by atoms with van der Waals surface area (Å²) in [7, 11) is 0. The van der Waals surface area contributed by atoms with Crippen LogP contribution in [0.4, 0.5) is 0 Å². The second-order valence-corrected chi connectivity index (χ2v) is 4.77. The smallest absolute Gasteiger partial charge is 0.256 e. The number of hydrogen-bond acceptors (Lipinski definition) is 4. The number of pyridine rings is 1. The molecule has 0 radical (unpaired) electrons. The highest BCUT2D eigenvalue weighted by molar-refractivity contribution is 6.35. The van der Waals surface area contributed by atoms with Crippen molar-refractivity contribution in [2.75, 3.05) is 19.8 Å². The molecule has 0 aliphatic carbocycles. The molecule has 102 valence electrons. The van der Waals surface area contributed by atoms with E-state index < -0.39 is 17.9 Å². The summed E-state index contributed by atoms with van der Waals surface area (Å²) in [4.78, 5) is 28.8. The summed E-state index contributed by atoms with van der Waals surface area (Å²) in [5.41, 5.74) is 5.45. The van der Waals surface area contributed by atoms with Gasteiger partial charge in [0.25, 0.3) is 5.91 Å². The molecule has 2 rings (SSSR count). The molecule has 2 amide bonds. The van der Waals surface area contributed by atoms with E-state index in [1.807, 2.05) is 0 Å². The van der Waals surface area contributed by atoms with E-state index in [2.05, 4.69) is 4.98 Å². The van der Waals surface area contributed by atoms with Crippen LogP contribution in [-0.2, 0) is 9.53 Å². The van der Waals surface area contributed by atoms with Gasteiger partial charge in [0.1, 0.15) is 11.2 Å². The highest BCUT2D eigenvalue weighted by Crippen LogP contribution is 2.21. The van der Waals surface area contributed by atoms with Crippen molar-refractivity contribution < 1.29 is 14.3 Å². The van der Waals surface area contributed by atoms with E-state index in [0.29, 0.717) is 6.61 Å². The quantitative estimate of drug-likeness (QED) is 0.816. The molecule has 8 heteroatoms. The van der Waals surface area contributed by atoms with Crippen molar-refractivity contribution in [1.82, 2.24) is 9.88 Å². The molecular weight excluding hydrogens is 293 g/mol. The highest BCUT2D eigenvalue weighted by atomic mass is 35.5. The summed E-state index contributed by atoms with van der Waals surface area (Å²) in [6.45, 7) is 0.687. The maximum atomic E-state index is 12.4. The molecule has 1 aliphatic rings. The molecular formula is C11H11Cl2N3O3.